The minimum atomic E-state index is 0.540. The van der Waals surface area contributed by atoms with Crippen LogP contribution in [0, 0.1) is 0 Å². The lowest BCUT2D eigenvalue weighted by Gasteiger charge is -2.09. The summed E-state index contributed by atoms with van der Waals surface area (Å²) in [5, 5.41) is 6.81. The summed E-state index contributed by atoms with van der Waals surface area (Å²) in [7, 11) is 0. The molecule has 6 aromatic carbocycles. The Morgan fingerprint density at radius 3 is 1.74 bits per heavy atom. The number of aromatic nitrogens is 3. The molecule has 0 aliphatic rings. The highest BCUT2D eigenvalue weighted by atomic mass is 16.4. The van der Waals surface area contributed by atoms with Crippen LogP contribution in [-0.4, -0.2) is 14.1 Å². The van der Waals surface area contributed by atoms with Crippen molar-refractivity contribution in [2.75, 3.05) is 0 Å². The number of benzene rings is 6. The third-order valence-corrected chi connectivity index (χ3v) is 8.57. The van der Waals surface area contributed by atoms with Gasteiger partial charge in [-0.25, -0.2) is 0 Å². The summed E-state index contributed by atoms with van der Waals surface area (Å²) < 4.78 is 17.1. The van der Waals surface area contributed by atoms with Gasteiger partial charge in [-0.05, 0) is 54.6 Å². The molecule has 0 spiro atoms. The topological polar surface area (TPSA) is 49.0 Å². The fourth-order valence-corrected chi connectivity index (χ4v) is 6.79. The molecule has 0 saturated carbocycles. The van der Waals surface area contributed by atoms with E-state index in [-0.39, 0.29) is 0 Å². The van der Waals surface area contributed by atoms with E-state index in [9.17, 15) is 0 Å². The van der Waals surface area contributed by atoms with E-state index in [0.717, 1.165) is 60.5 Å². The highest BCUT2D eigenvalue weighted by molar-refractivity contribution is 6.17. The average Bonchev–Trinajstić information content (AvgIpc) is 3.79. The Labute approximate surface area is 238 Å². The molecular weight excluding hydrogens is 518 g/mol. The van der Waals surface area contributed by atoms with Crippen molar-refractivity contribution in [2.24, 2.45) is 0 Å². The molecular formula is C37H21N3O2. The number of hydrogen-bond donors (Lipinski definition) is 0. The molecule has 0 bridgehead atoms. The predicted molar refractivity (Wildman–Crippen MR) is 170 cm³/mol. The van der Waals surface area contributed by atoms with Gasteiger partial charge in [0.1, 0.15) is 16.7 Å². The number of furan rings is 1. The first-order chi connectivity index (χ1) is 20.8. The first-order valence-electron chi connectivity index (χ1n) is 14.1. The molecule has 0 N–H and O–H groups in total. The second-order valence-electron chi connectivity index (χ2n) is 10.8. The zero-order valence-electron chi connectivity index (χ0n) is 22.3. The molecule has 5 nitrogen and oxygen atoms in total. The van der Waals surface area contributed by atoms with Gasteiger partial charge >= 0.3 is 6.01 Å². The molecule has 196 valence electrons. The van der Waals surface area contributed by atoms with Gasteiger partial charge in [-0.1, -0.05) is 72.8 Å². The quantitative estimate of drug-likeness (QED) is 0.220. The summed E-state index contributed by atoms with van der Waals surface area (Å²) in [6.07, 6.45) is 0. The van der Waals surface area contributed by atoms with Crippen molar-refractivity contribution in [1.29, 1.82) is 0 Å². The minimum absolute atomic E-state index is 0.540. The molecule has 0 atom stereocenters. The summed E-state index contributed by atoms with van der Waals surface area (Å²) in [6.45, 7) is 0. The summed E-state index contributed by atoms with van der Waals surface area (Å²) in [5.41, 5.74) is 8.78. The van der Waals surface area contributed by atoms with E-state index >= 15 is 0 Å². The Morgan fingerprint density at radius 1 is 0.429 bits per heavy atom. The maximum absolute atomic E-state index is 6.48. The van der Waals surface area contributed by atoms with E-state index in [1.807, 2.05) is 30.3 Å². The minimum Gasteiger partial charge on any atom is -0.456 e. The van der Waals surface area contributed by atoms with Crippen LogP contribution in [0.25, 0.3) is 88.4 Å². The molecule has 0 amide bonds. The summed E-state index contributed by atoms with van der Waals surface area (Å²) >= 11 is 0. The van der Waals surface area contributed by atoms with Gasteiger partial charge in [0.05, 0.1) is 27.5 Å². The Hall–Kier alpha value is -5.81. The van der Waals surface area contributed by atoms with E-state index in [1.165, 1.54) is 21.8 Å². The first kappa shape index (κ1) is 21.9. The highest BCUT2D eigenvalue weighted by Gasteiger charge is 2.21. The number of oxazole rings is 1. The second kappa shape index (κ2) is 7.89. The van der Waals surface area contributed by atoms with Crippen molar-refractivity contribution in [3.8, 4) is 11.7 Å². The lowest BCUT2D eigenvalue weighted by molar-refractivity contribution is 0.574. The zero-order chi connectivity index (χ0) is 27.4. The molecule has 0 radical (unpaired) electrons. The average molecular weight is 540 g/mol. The van der Waals surface area contributed by atoms with Crippen LogP contribution >= 0.6 is 0 Å². The van der Waals surface area contributed by atoms with Crippen molar-refractivity contribution >= 4 is 76.6 Å². The highest BCUT2D eigenvalue weighted by Crippen LogP contribution is 2.39. The molecule has 0 fully saturated rings. The fourth-order valence-electron chi connectivity index (χ4n) is 6.79. The third-order valence-electron chi connectivity index (χ3n) is 8.57. The maximum Gasteiger partial charge on any atom is 0.307 e. The second-order valence-corrected chi connectivity index (χ2v) is 10.8. The van der Waals surface area contributed by atoms with Crippen LogP contribution in [0.2, 0.25) is 0 Å². The van der Waals surface area contributed by atoms with Crippen LogP contribution in [0.4, 0.5) is 0 Å². The number of fused-ring (bicyclic) bond motifs is 11. The summed E-state index contributed by atoms with van der Waals surface area (Å²) in [5.74, 6) is 0. The normalized spacial score (nSPS) is 12.3. The number of hydrogen-bond acceptors (Lipinski definition) is 3. The van der Waals surface area contributed by atoms with Crippen molar-refractivity contribution < 1.29 is 8.83 Å². The van der Waals surface area contributed by atoms with Gasteiger partial charge in [-0.2, -0.15) is 4.98 Å². The number of para-hydroxylation sites is 4. The SMILES string of the molecule is c1ccc2c(c1)oc1ccc3oc(-n4c5ccccc5c5cc(-n6c7ccccc7c7ccccc76)ccc54)nc3c12. The lowest BCUT2D eigenvalue weighted by Crippen LogP contribution is -1.95. The summed E-state index contributed by atoms with van der Waals surface area (Å²) in [6, 6.07) is 44.9. The lowest BCUT2D eigenvalue weighted by atomic mass is 10.1. The van der Waals surface area contributed by atoms with E-state index in [0.29, 0.717) is 6.01 Å². The van der Waals surface area contributed by atoms with Gasteiger partial charge < -0.3 is 13.4 Å². The van der Waals surface area contributed by atoms with Crippen LogP contribution in [0.15, 0.2) is 136 Å². The maximum atomic E-state index is 6.48. The summed E-state index contributed by atoms with van der Waals surface area (Å²) in [4.78, 5) is 5.09. The molecule has 10 rings (SSSR count). The molecule has 0 aliphatic heterocycles. The number of rotatable bonds is 2. The van der Waals surface area contributed by atoms with E-state index in [1.54, 1.807) is 0 Å². The predicted octanol–water partition coefficient (Wildman–Crippen LogP) is 9.92. The van der Waals surface area contributed by atoms with Gasteiger partial charge in [0.2, 0.25) is 0 Å². The van der Waals surface area contributed by atoms with E-state index < -0.39 is 0 Å². The van der Waals surface area contributed by atoms with E-state index in [2.05, 4.69) is 106 Å². The van der Waals surface area contributed by atoms with Crippen LogP contribution in [0.1, 0.15) is 0 Å². The molecule has 10 aromatic rings. The van der Waals surface area contributed by atoms with Crippen LogP contribution in [0.5, 0.6) is 0 Å². The third kappa shape index (κ3) is 2.79. The van der Waals surface area contributed by atoms with Crippen molar-refractivity contribution in [2.45, 2.75) is 0 Å². The Morgan fingerprint density at radius 2 is 1.00 bits per heavy atom. The van der Waals surface area contributed by atoms with Gasteiger partial charge in [0.15, 0.2) is 5.58 Å². The first-order valence-corrected chi connectivity index (χ1v) is 14.1. The standard InChI is InChI=1S/C37H21N3O2/c1-5-13-28-23(9-1)24-10-2-6-14-29(24)39(28)22-17-18-31-27(21-22)25-11-3-7-15-30(25)40(31)37-38-36-34(42-37)20-19-33-35(36)26-12-4-8-16-32(26)41-33/h1-21H. The molecule has 42 heavy (non-hydrogen) atoms. The van der Waals surface area contributed by atoms with Crippen molar-refractivity contribution in [3.05, 3.63) is 127 Å². The molecule has 0 saturated heterocycles. The molecule has 4 heterocycles. The monoisotopic (exact) mass is 539 g/mol. The van der Waals surface area contributed by atoms with Gasteiger partial charge in [0, 0.05) is 32.6 Å². The Kier molecular flexibility index (Phi) is 4.12. The van der Waals surface area contributed by atoms with Gasteiger partial charge in [0.25, 0.3) is 0 Å². The largest absolute Gasteiger partial charge is 0.456 e. The molecule has 0 unspecified atom stereocenters. The molecule has 4 aromatic heterocycles. The van der Waals surface area contributed by atoms with Gasteiger partial charge in [-0.3, -0.25) is 4.57 Å². The van der Waals surface area contributed by atoms with Gasteiger partial charge in [-0.15, -0.1) is 0 Å². The zero-order valence-corrected chi connectivity index (χ0v) is 22.3. The van der Waals surface area contributed by atoms with Crippen molar-refractivity contribution in [1.82, 2.24) is 14.1 Å². The molecule has 0 aliphatic carbocycles. The van der Waals surface area contributed by atoms with E-state index in [4.69, 9.17) is 13.8 Å². The van der Waals surface area contributed by atoms with Crippen LogP contribution in [-0.2, 0) is 0 Å². The fraction of sp³-hybridized carbons (Fsp3) is 0. The van der Waals surface area contributed by atoms with Crippen molar-refractivity contribution in [3.63, 3.8) is 0 Å². The van der Waals surface area contributed by atoms with Crippen LogP contribution < -0.4 is 0 Å². The van der Waals surface area contributed by atoms with Crippen LogP contribution in [0.3, 0.4) is 0 Å². The number of nitrogens with zero attached hydrogens (tertiary/aromatic N) is 3. The molecule has 5 heteroatoms. The smallest absolute Gasteiger partial charge is 0.307 e. The Bertz CT molecular complexity index is 2650. The Balaban J connectivity index is 1.26.